The van der Waals surface area contributed by atoms with Crippen molar-refractivity contribution in [3.8, 4) is 0 Å². The molecule has 0 radical (unpaired) electrons. The summed E-state index contributed by atoms with van der Waals surface area (Å²) in [6, 6.07) is 8.24. The highest BCUT2D eigenvalue weighted by atomic mass is 32.1. The van der Waals surface area contributed by atoms with E-state index in [-0.39, 0.29) is 12.1 Å². The molecule has 3 amide bonds. The summed E-state index contributed by atoms with van der Waals surface area (Å²) in [7, 11) is 0. The Morgan fingerprint density at radius 3 is 2.62 bits per heavy atom. The fraction of sp³-hybridized carbons (Fsp3) is 0.143. The molecule has 0 aliphatic heterocycles. The third-order valence-electron chi connectivity index (χ3n) is 2.74. The number of primary amides is 1. The van der Waals surface area contributed by atoms with Crippen LogP contribution in [0.15, 0.2) is 41.8 Å². The van der Waals surface area contributed by atoms with E-state index in [0.717, 1.165) is 4.88 Å². The predicted octanol–water partition coefficient (Wildman–Crippen LogP) is 2.63. The molecule has 0 aliphatic rings. The number of urea groups is 1. The number of anilines is 1. The minimum atomic E-state index is -0.716. The van der Waals surface area contributed by atoms with Gasteiger partial charge in [-0.05, 0) is 23.6 Å². The van der Waals surface area contributed by atoms with E-state index in [1.54, 1.807) is 12.1 Å². The minimum absolute atomic E-state index is 0.0300. The molecule has 7 heteroatoms. The number of hydrogen-bond donors (Lipinski definition) is 3. The van der Waals surface area contributed by atoms with Gasteiger partial charge in [0.1, 0.15) is 5.82 Å². The molecular weight excluding hydrogens is 293 g/mol. The molecule has 0 saturated heterocycles. The quantitative estimate of drug-likeness (QED) is 0.793. The highest BCUT2D eigenvalue weighted by Crippen LogP contribution is 2.23. The maximum Gasteiger partial charge on any atom is 0.312 e. The molecule has 2 aromatic rings. The summed E-state index contributed by atoms with van der Waals surface area (Å²) in [6.45, 7) is 0. The second-order valence-corrected chi connectivity index (χ2v) is 5.29. The van der Waals surface area contributed by atoms with Crippen LogP contribution >= 0.6 is 11.3 Å². The zero-order chi connectivity index (χ0) is 15.2. The van der Waals surface area contributed by atoms with Crippen LogP contribution in [0.3, 0.4) is 0 Å². The van der Waals surface area contributed by atoms with Gasteiger partial charge in [0, 0.05) is 4.88 Å². The second kappa shape index (κ2) is 6.85. The monoisotopic (exact) mass is 307 g/mol. The van der Waals surface area contributed by atoms with E-state index in [9.17, 15) is 14.0 Å². The molecule has 5 nitrogen and oxygen atoms in total. The van der Waals surface area contributed by atoms with Gasteiger partial charge < -0.3 is 16.4 Å². The summed E-state index contributed by atoms with van der Waals surface area (Å²) in [4.78, 5) is 23.8. The van der Waals surface area contributed by atoms with E-state index in [1.807, 2.05) is 11.4 Å². The topological polar surface area (TPSA) is 84.2 Å². The fourth-order valence-electron chi connectivity index (χ4n) is 1.83. The van der Waals surface area contributed by atoms with E-state index in [0.29, 0.717) is 0 Å². The molecule has 1 aromatic carbocycles. The van der Waals surface area contributed by atoms with Crippen LogP contribution in [0, 0.1) is 5.82 Å². The maximum atomic E-state index is 13.5. The van der Waals surface area contributed by atoms with Crippen LogP contribution < -0.4 is 16.4 Å². The number of nitrogens with one attached hydrogen (secondary N) is 2. The van der Waals surface area contributed by atoms with Crippen LogP contribution in [0.25, 0.3) is 0 Å². The average Bonchev–Trinajstić information content (AvgIpc) is 2.94. The largest absolute Gasteiger partial charge is 0.352 e. The molecule has 110 valence electrons. The summed E-state index contributed by atoms with van der Waals surface area (Å²) in [5.41, 5.74) is 5.22. The van der Waals surface area contributed by atoms with Crippen LogP contribution in [0.4, 0.5) is 14.9 Å². The highest BCUT2D eigenvalue weighted by Gasteiger charge is 2.19. The lowest BCUT2D eigenvalue weighted by atomic mass is 10.1. The highest BCUT2D eigenvalue weighted by molar-refractivity contribution is 7.10. The lowest BCUT2D eigenvalue weighted by Crippen LogP contribution is -2.34. The van der Waals surface area contributed by atoms with Gasteiger partial charge in [-0.15, -0.1) is 11.3 Å². The summed E-state index contributed by atoms with van der Waals surface area (Å²) >= 11 is 1.40. The molecule has 1 aromatic heterocycles. The Morgan fingerprint density at radius 2 is 2.00 bits per heavy atom. The zero-order valence-corrected chi connectivity index (χ0v) is 11.8. The van der Waals surface area contributed by atoms with Gasteiger partial charge in [0.15, 0.2) is 0 Å². The van der Waals surface area contributed by atoms with Crippen molar-refractivity contribution in [1.82, 2.24) is 5.32 Å². The number of amides is 3. The van der Waals surface area contributed by atoms with Gasteiger partial charge >= 0.3 is 6.03 Å². The van der Waals surface area contributed by atoms with Crippen LogP contribution in [0.1, 0.15) is 17.3 Å². The van der Waals surface area contributed by atoms with Crippen molar-refractivity contribution in [2.45, 2.75) is 12.5 Å². The molecule has 0 aliphatic carbocycles. The van der Waals surface area contributed by atoms with Gasteiger partial charge in [-0.3, -0.25) is 4.79 Å². The smallest absolute Gasteiger partial charge is 0.312 e. The summed E-state index contributed by atoms with van der Waals surface area (Å²) in [5.74, 6) is -0.923. The molecule has 1 heterocycles. The van der Waals surface area contributed by atoms with Crippen molar-refractivity contribution in [1.29, 1.82) is 0 Å². The van der Waals surface area contributed by atoms with Crippen molar-refractivity contribution in [3.63, 3.8) is 0 Å². The summed E-state index contributed by atoms with van der Waals surface area (Å²) < 4.78 is 13.5. The van der Waals surface area contributed by atoms with Gasteiger partial charge in [-0.1, -0.05) is 18.2 Å². The van der Waals surface area contributed by atoms with Crippen LogP contribution in [0.5, 0.6) is 0 Å². The van der Waals surface area contributed by atoms with Crippen molar-refractivity contribution in [3.05, 3.63) is 52.5 Å². The van der Waals surface area contributed by atoms with Crippen LogP contribution in [-0.2, 0) is 4.79 Å². The van der Waals surface area contributed by atoms with Gasteiger partial charge in [-0.25, -0.2) is 9.18 Å². The van der Waals surface area contributed by atoms with Crippen molar-refractivity contribution >= 4 is 29.0 Å². The predicted molar refractivity (Wildman–Crippen MR) is 79.4 cm³/mol. The Hall–Kier alpha value is -2.41. The van der Waals surface area contributed by atoms with Gasteiger partial charge in [-0.2, -0.15) is 0 Å². The Kier molecular flexibility index (Phi) is 4.89. The van der Waals surface area contributed by atoms with Gasteiger partial charge in [0.05, 0.1) is 18.2 Å². The minimum Gasteiger partial charge on any atom is -0.352 e. The third kappa shape index (κ3) is 4.28. The standard InChI is InChI=1S/C14H14FN3O2S/c15-9-4-1-2-5-10(9)17-13(19)8-11(18-14(16)20)12-6-3-7-21-12/h1-7,11H,8H2,(H,17,19)(H3,16,18,20). The molecule has 1 unspecified atom stereocenters. The molecule has 0 bridgehead atoms. The number of rotatable bonds is 5. The SMILES string of the molecule is NC(=O)NC(CC(=O)Nc1ccccc1F)c1cccs1. The Bertz CT molecular complexity index is 631. The average molecular weight is 307 g/mol. The first-order chi connectivity index (χ1) is 10.1. The van der Waals surface area contributed by atoms with Gasteiger partial charge in [0.25, 0.3) is 0 Å². The van der Waals surface area contributed by atoms with Crippen molar-refractivity contribution < 1.29 is 14.0 Å². The lowest BCUT2D eigenvalue weighted by molar-refractivity contribution is -0.116. The molecule has 0 saturated carbocycles. The fourth-order valence-corrected chi connectivity index (χ4v) is 2.61. The number of thiophene rings is 1. The van der Waals surface area contributed by atoms with Crippen LogP contribution in [-0.4, -0.2) is 11.9 Å². The normalized spacial score (nSPS) is 11.7. The lowest BCUT2D eigenvalue weighted by Gasteiger charge is -2.16. The second-order valence-electron chi connectivity index (χ2n) is 4.31. The number of benzene rings is 1. The summed E-state index contributed by atoms with van der Waals surface area (Å²) in [5, 5.41) is 6.82. The molecular formula is C14H14FN3O2S. The number of halogens is 1. The molecule has 21 heavy (non-hydrogen) atoms. The van der Waals surface area contributed by atoms with E-state index in [4.69, 9.17) is 5.73 Å². The number of hydrogen-bond acceptors (Lipinski definition) is 3. The van der Waals surface area contributed by atoms with E-state index >= 15 is 0 Å². The first-order valence-corrected chi connectivity index (χ1v) is 7.08. The number of para-hydroxylation sites is 1. The number of carbonyl (C=O) groups excluding carboxylic acids is 2. The molecule has 0 fully saturated rings. The van der Waals surface area contributed by atoms with Crippen molar-refractivity contribution in [2.75, 3.05) is 5.32 Å². The van der Waals surface area contributed by atoms with Gasteiger partial charge in [0.2, 0.25) is 5.91 Å². The molecule has 2 rings (SSSR count). The number of nitrogens with two attached hydrogens (primary N) is 1. The third-order valence-corrected chi connectivity index (χ3v) is 3.73. The first-order valence-electron chi connectivity index (χ1n) is 6.20. The van der Waals surface area contributed by atoms with Crippen LogP contribution in [0.2, 0.25) is 0 Å². The molecule has 0 spiro atoms. The van der Waals surface area contributed by atoms with E-state index < -0.39 is 23.8 Å². The Balaban J connectivity index is 2.05. The van der Waals surface area contributed by atoms with E-state index in [1.165, 1.54) is 29.5 Å². The van der Waals surface area contributed by atoms with Crippen molar-refractivity contribution in [2.24, 2.45) is 5.73 Å². The Morgan fingerprint density at radius 1 is 1.24 bits per heavy atom. The van der Waals surface area contributed by atoms with E-state index in [2.05, 4.69) is 10.6 Å². The maximum absolute atomic E-state index is 13.5. The molecule has 1 atom stereocenters. The zero-order valence-electron chi connectivity index (χ0n) is 11.0. The number of carbonyl (C=O) groups is 2. The molecule has 4 N–H and O–H groups in total. The first kappa shape index (κ1) is 15.0. The summed E-state index contributed by atoms with van der Waals surface area (Å²) in [6.07, 6.45) is -0.0300. The Labute approximate surface area is 125 Å².